The van der Waals surface area contributed by atoms with Gasteiger partial charge in [-0.2, -0.15) is 5.10 Å². The number of aromatic nitrogens is 3. The number of halogens is 1. The van der Waals surface area contributed by atoms with Gasteiger partial charge < -0.3 is 19.8 Å². The van der Waals surface area contributed by atoms with Gasteiger partial charge in [-0.3, -0.25) is 0 Å². The number of aryl methyl sites for hydroxylation is 1. The molecule has 8 rings (SSSR count). The van der Waals surface area contributed by atoms with Crippen molar-refractivity contribution in [1.29, 1.82) is 0 Å². The minimum absolute atomic E-state index is 0.0274. The van der Waals surface area contributed by atoms with Crippen LogP contribution in [0.3, 0.4) is 0 Å². The summed E-state index contributed by atoms with van der Waals surface area (Å²) in [5.74, 6) is 1.38. The van der Waals surface area contributed by atoms with Crippen LogP contribution in [0.4, 0.5) is 10.1 Å². The molecular weight excluding hydrogens is 459 g/mol. The zero-order valence-corrected chi connectivity index (χ0v) is 19.9. The molecule has 36 heavy (non-hydrogen) atoms. The van der Waals surface area contributed by atoms with E-state index >= 15 is 0 Å². The predicted molar refractivity (Wildman–Crippen MR) is 131 cm³/mol. The summed E-state index contributed by atoms with van der Waals surface area (Å²) in [6, 6.07) is 9.17. The molecule has 1 atom stereocenters. The SMILES string of the molecule is Cc1ncn(-c2ccc(/C=C3\CC4(COC4)CN4C3=NOC43CNc4cc(F)ccc43)c3c2CC3)n1. The highest BCUT2D eigenvalue weighted by atomic mass is 19.1. The van der Waals surface area contributed by atoms with Crippen LogP contribution in [0.1, 0.15) is 34.5 Å². The Bertz CT molecular complexity index is 1510. The molecule has 4 aliphatic heterocycles. The largest absolute Gasteiger partial charge is 0.380 e. The van der Waals surface area contributed by atoms with Crippen molar-refractivity contribution in [3.05, 3.63) is 76.1 Å². The van der Waals surface area contributed by atoms with Gasteiger partial charge in [0.2, 0.25) is 0 Å². The number of piperidine rings is 1. The predicted octanol–water partition coefficient (Wildman–Crippen LogP) is 3.54. The first-order chi connectivity index (χ1) is 17.5. The van der Waals surface area contributed by atoms with Gasteiger partial charge in [-0.25, -0.2) is 14.1 Å². The number of benzene rings is 2. The smallest absolute Gasteiger partial charge is 0.256 e. The number of nitrogens with zero attached hydrogens (tertiary/aromatic N) is 5. The Morgan fingerprint density at radius 3 is 2.78 bits per heavy atom. The number of hydrogen-bond acceptors (Lipinski definition) is 7. The summed E-state index contributed by atoms with van der Waals surface area (Å²) in [7, 11) is 0. The summed E-state index contributed by atoms with van der Waals surface area (Å²) < 4.78 is 21.5. The number of oxime groups is 1. The molecule has 0 amide bonds. The fourth-order valence-electron chi connectivity index (χ4n) is 6.38. The molecule has 1 unspecified atom stereocenters. The second-order valence-electron chi connectivity index (χ2n) is 10.6. The molecule has 1 N–H and O–H groups in total. The third-order valence-electron chi connectivity index (χ3n) is 8.31. The van der Waals surface area contributed by atoms with E-state index in [0.717, 1.165) is 73.2 Å². The Morgan fingerprint density at radius 2 is 2.03 bits per heavy atom. The second kappa shape index (κ2) is 6.94. The Morgan fingerprint density at radius 1 is 1.14 bits per heavy atom. The van der Waals surface area contributed by atoms with Gasteiger partial charge in [0.25, 0.3) is 5.72 Å². The zero-order chi connectivity index (χ0) is 24.1. The van der Waals surface area contributed by atoms with Crippen molar-refractivity contribution in [2.45, 2.75) is 31.9 Å². The van der Waals surface area contributed by atoms with E-state index in [9.17, 15) is 4.39 Å². The summed E-state index contributed by atoms with van der Waals surface area (Å²) in [4.78, 5) is 12.8. The molecule has 1 aromatic heterocycles. The first kappa shape index (κ1) is 20.5. The molecular formula is C27H25FN6O2. The molecule has 3 aromatic rings. The monoisotopic (exact) mass is 484 g/mol. The number of anilines is 1. The summed E-state index contributed by atoms with van der Waals surface area (Å²) in [5, 5.41) is 12.5. The van der Waals surface area contributed by atoms with Crippen LogP contribution in [-0.4, -0.2) is 51.8 Å². The number of nitrogens with one attached hydrogen (secondary N) is 1. The Kier molecular flexibility index (Phi) is 3.95. The van der Waals surface area contributed by atoms with Crippen molar-refractivity contribution in [3.63, 3.8) is 0 Å². The van der Waals surface area contributed by atoms with Crippen LogP contribution < -0.4 is 5.32 Å². The average molecular weight is 485 g/mol. The molecule has 2 spiro atoms. The van der Waals surface area contributed by atoms with Crippen molar-refractivity contribution in [3.8, 4) is 5.69 Å². The van der Waals surface area contributed by atoms with Gasteiger partial charge in [0.15, 0.2) is 5.84 Å². The van der Waals surface area contributed by atoms with E-state index in [1.54, 1.807) is 6.33 Å². The minimum Gasteiger partial charge on any atom is -0.380 e. The number of amidine groups is 1. The molecule has 9 heteroatoms. The maximum absolute atomic E-state index is 13.9. The van der Waals surface area contributed by atoms with Crippen molar-refractivity contribution >= 4 is 17.6 Å². The van der Waals surface area contributed by atoms with Gasteiger partial charge in [-0.05, 0) is 78.8 Å². The highest BCUT2D eigenvalue weighted by Crippen LogP contribution is 2.51. The van der Waals surface area contributed by atoms with Crippen molar-refractivity contribution in [2.75, 3.05) is 31.6 Å². The lowest BCUT2D eigenvalue weighted by atomic mass is 9.74. The van der Waals surface area contributed by atoms with E-state index in [-0.39, 0.29) is 11.2 Å². The molecule has 5 heterocycles. The Hall–Kier alpha value is -3.72. The minimum atomic E-state index is -0.764. The second-order valence-corrected chi connectivity index (χ2v) is 10.6. The maximum Gasteiger partial charge on any atom is 0.256 e. The van der Waals surface area contributed by atoms with Crippen LogP contribution in [-0.2, 0) is 28.1 Å². The molecule has 0 saturated carbocycles. The van der Waals surface area contributed by atoms with Crippen molar-refractivity contribution in [1.82, 2.24) is 19.7 Å². The lowest BCUT2D eigenvalue weighted by molar-refractivity contribution is -0.158. The zero-order valence-electron chi connectivity index (χ0n) is 19.9. The normalized spacial score (nSPS) is 25.6. The summed E-state index contributed by atoms with van der Waals surface area (Å²) in [6.45, 7) is 4.66. The quantitative estimate of drug-likeness (QED) is 0.600. The third kappa shape index (κ3) is 2.69. The highest BCUT2D eigenvalue weighted by molar-refractivity contribution is 6.04. The van der Waals surface area contributed by atoms with Crippen LogP contribution in [0.2, 0.25) is 0 Å². The van der Waals surface area contributed by atoms with Crippen molar-refractivity contribution < 1.29 is 14.0 Å². The Balaban J connectivity index is 1.20. The summed E-state index contributed by atoms with van der Waals surface area (Å²) in [5.41, 5.74) is 7.14. The molecule has 1 aliphatic carbocycles. The van der Waals surface area contributed by atoms with Crippen molar-refractivity contribution in [2.24, 2.45) is 10.6 Å². The lowest BCUT2D eigenvalue weighted by Gasteiger charge is -2.51. The molecule has 182 valence electrons. The van der Waals surface area contributed by atoms with Gasteiger partial charge in [-0.1, -0.05) is 11.2 Å². The molecule has 8 nitrogen and oxygen atoms in total. The van der Waals surface area contributed by atoms with Crippen LogP contribution in [0.5, 0.6) is 0 Å². The molecule has 2 fully saturated rings. The Labute approximate surface area is 207 Å². The molecule has 2 saturated heterocycles. The van der Waals surface area contributed by atoms with E-state index < -0.39 is 5.72 Å². The summed E-state index contributed by atoms with van der Waals surface area (Å²) in [6.07, 6.45) is 7.05. The number of fused-ring (bicyclic) bond motifs is 5. The van der Waals surface area contributed by atoms with Crippen LogP contribution in [0, 0.1) is 18.2 Å². The molecule has 0 radical (unpaired) electrons. The maximum atomic E-state index is 13.9. The molecule has 0 bridgehead atoms. The number of ether oxygens (including phenoxy) is 1. The van der Waals surface area contributed by atoms with Crippen LogP contribution >= 0.6 is 0 Å². The first-order valence-electron chi connectivity index (χ1n) is 12.4. The fourth-order valence-corrected chi connectivity index (χ4v) is 6.38. The lowest BCUT2D eigenvalue weighted by Crippen LogP contribution is -2.61. The first-order valence-corrected chi connectivity index (χ1v) is 12.4. The van der Waals surface area contributed by atoms with E-state index in [4.69, 9.17) is 9.57 Å². The van der Waals surface area contributed by atoms with E-state index in [1.807, 2.05) is 17.7 Å². The van der Waals surface area contributed by atoms with E-state index in [0.29, 0.717) is 6.54 Å². The average Bonchev–Trinajstić information content (AvgIpc) is 3.52. The standard InChI is InChI=1S/C27H25FN6O2/c1-16-30-15-34(31-16)24-7-2-17(20-4-5-21(20)24)8-18-10-26(13-35-14-26)12-33-25(18)32-36-27(33)11-29-23-9-19(28)3-6-22(23)27/h2-3,6-9,15,29H,4-5,10-14H2,1H3/b18-8+. The topological polar surface area (TPSA) is 76.8 Å². The summed E-state index contributed by atoms with van der Waals surface area (Å²) >= 11 is 0. The third-order valence-corrected chi connectivity index (χ3v) is 8.31. The van der Waals surface area contributed by atoms with E-state index in [2.05, 4.69) is 43.7 Å². The van der Waals surface area contributed by atoms with Crippen LogP contribution in [0.25, 0.3) is 11.8 Å². The van der Waals surface area contributed by atoms with Gasteiger partial charge in [0.05, 0.1) is 25.4 Å². The van der Waals surface area contributed by atoms with Gasteiger partial charge in [0.1, 0.15) is 18.0 Å². The molecule has 2 aromatic carbocycles. The number of rotatable bonds is 2. The van der Waals surface area contributed by atoms with Gasteiger partial charge in [0, 0.05) is 23.2 Å². The fraction of sp³-hybridized carbons (Fsp3) is 0.370. The van der Waals surface area contributed by atoms with Gasteiger partial charge >= 0.3 is 0 Å². The van der Waals surface area contributed by atoms with E-state index in [1.165, 1.54) is 28.8 Å². The highest BCUT2D eigenvalue weighted by Gasteiger charge is 2.58. The molecule has 5 aliphatic rings. The van der Waals surface area contributed by atoms with Crippen LogP contribution in [0.15, 0.2) is 47.4 Å². The number of hydrogen-bond donors (Lipinski definition) is 1. The van der Waals surface area contributed by atoms with Gasteiger partial charge in [-0.15, -0.1) is 0 Å².